The van der Waals surface area contributed by atoms with Crippen LogP contribution in [-0.4, -0.2) is 43.3 Å². The number of fused-ring (bicyclic) bond motifs is 2. The first-order chi connectivity index (χ1) is 10.7. The maximum Gasteiger partial charge on any atom is 0.410 e. The molecule has 1 saturated heterocycles. The molecule has 2 aliphatic carbocycles. The summed E-state index contributed by atoms with van der Waals surface area (Å²) in [6.07, 6.45) is 9.35. The van der Waals surface area contributed by atoms with E-state index in [9.17, 15) is 9.59 Å². The van der Waals surface area contributed by atoms with E-state index in [1.165, 1.54) is 39.2 Å². The Labute approximate surface area is 131 Å². The predicted molar refractivity (Wildman–Crippen MR) is 81.2 cm³/mol. The molecular formula is C17H25NO4. The molecule has 0 N–H and O–H groups in total. The number of methoxy groups -OCH3 is 1. The van der Waals surface area contributed by atoms with Gasteiger partial charge in [0.25, 0.3) is 0 Å². The zero-order valence-corrected chi connectivity index (χ0v) is 13.3. The lowest BCUT2D eigenvalue weighted by Gasteiger charge is -2.29. The second-order valence-corrected chi connectivity index (χ2v) is 6.77. The number of hydrogen-bond acceptors (Lipinski definition) is 4. The van der Waals surface area contributed by atoms with Crippen molar-refractivity contribution in [3.8, 4) is 0 Å². The van der Waals surface area contributed by atoms with Gasteiger partial charge in [0.2, 0.25) is 0 Å². The Bertz CT molecular complexity index is 467. The third kappa shape index (κ3) is 3.28. The second-order valence-electron chi connectivity index (χ2n) is 6.77. The molecule has 2 bridgehead atoms. The van der Waals surface area contributed by atoms with Crippen molar-refractivity contribution < 1.29 is 19.1 Å². The van der Waals surface area contributed by atoms with Gasteiger partial charge in [0.15, 0.2) is 0 Å². The Morgan fingerprint density at radius 1 is 1.27 bits per heavy atom. The number of nitrogens with zero attached hydrogens (tertiary/aromatic N) is 1. The van der Waals surface area contributed by atoms with Crippen LogP contribution < -0.4 is 0 Å². The van der Waals surface area contributed by atoms with E-state index in [0.717, 1.165) is 18.4 Å². The number of esters is 1. The van der Waals surface area contributed by atoms with Crippen molar-refractivity contribution in [1.82, 2.24) is 4.90 Å². The van der Waals surface area contributed by atoms with Gasteiger partial charge in [0.1, 0.15) is 0 Å². The van der Waals surface area contributed by atoms with E-state index in [-0.39, 0.29) is 18.1 Å². The van der Waals surface area contributed by atoms with Crippen molar-refractivity contribution in [3.05, 3.63) is 11.6 Å². The number of rotatable bonds is 3. The van der Waals surface area contributed by atoms with E-state index >= 15 is 0 Å². The highest BCUT2D eigenvalue weighted by Crippen LogP contribution is 2.42. The maximum atomic E-state index is 12.3. The second kappa shape index (κ2) is 6.71. The summed E-state index contributed by atoms with van der Waals surface area (Å²) in [7, 11) is 1.39. The SMILES string of the molecule is COC(=O)/C=C1\CC2CC1CN2C(=O)OCC1CCCCC1. The Balaban J connectivity index is 1.48. The fourth-order valence-electron chi connectivity index (χ4n) is 4.05. The summed E-state index contributed by atoms with van der Waals surface area (Å²) in [5.41, 5.74) is 1.12. The number of piperidine rings is 1. The summed E-state index contributed by atoms with van der Waals surface area (Å²) in [5.74, 6) is 0.549. The highest BCUT2D eigenvalue weighted by atomic mass is 16.6. The minimum Gasteiger partial charge on any atom is -0.466 e. The van der Waals surface area contributed by atoms with Crippen LogP contribution in [0.25, 0.3) is 0 Å². The molecule has 5 heteroatoms. The molecule has 3 fully saturated rings. The quantitative estimate of drug-likeness (QED) is 0.594. The normalized spacial score (nSPS) is 29.9. The zero-order chi connectivity index (χ0) is 15.5. The van der Waals surface area contributed by atoms with Crippen LogP contribution in [0.4, 0.5) is 4.79 Å². The topological polar surface area (TPSA) is 55.8 Å². The molecule has 3 rings (SSSR count). The molecule has 0 aromatic heterocycles. The van der Waals surface area contributed by atoms with Gasteiger partial charge in [-0.3, -0.25) is 0 Å². The first-order valence-corrected chi connectivity index (χ1v) is 8.39. The van der Waals surface area contributed by atoms with Crippen molar-refractivity contribution in [2.24, 2.45) is 11.8 Å². The van der Waals surface area contributed by atoms with E-state index in [1.54, 1.807) is 6.08 Å². The van der Waals surface area contributed by atoms with E-state index in [4.69, 9.17) is 4.74 Å². The Kier molecular flexibility index (Phi) is 4.69. The average Bonchev–Trinajstić information content (AvgIpc) is 3.13. The summed E-state index contributed by atoms with van der Waals surface area (Å²) in [6.45, 7) is 1.24. The molecule has 1 amide bonds. The van der Waals surface area contributed by atoms with Crippen LogP contribution in [0.5, 0.6) is 0 Å². The zero-order valence-electron chi connectivity index (χ0n) is 13.3. The molecule has 3 aliphatic rings. The largest absolute Gasteiger partial charge is 0.466 e. The number of carbonyl (C=O) groups excluding carboxylic acids is 2. The summed E-state index contributed by atoms with van der Waals surface area (Å²) in [4.78, 5) is 25.4. The van der Waals surface area contributed by atoms with Crippen LogP contribution in [0.2, 0.25) is 0 Å². The lowest BCUT2D eigenvalue weighted by molar-refractivity contribution is -0.134. The summed E-state index contributed by atoms with van der Waals surface area (Å²) in [5, 5.41) is 0. The fourth-order valence-corrected chi connectivity index (χ4v) is 4.05. The lowest BCUT2D eigenvalue weighted by Crippen LogP contribution is -2.39. The summed E-state index contributed by atoms with van der Waals surface area (Å²) >= 11 is 0. The van der Waals surface area contributed by atoms with Gasteiger partial charge in [-0.15, -0.1) is 0 Å². The molecular weight excluding hydrogens is 282 g/mol. The Hall–Kier alpha value is -1.52. The minimum atomic E-state index is -0.297. The van der Waals surface area contributed by atoms with E-state index in [0.29, 0.717) is 25.0 Å². The molecule has 122 valence electrons. The van der Waals surface area contributed by atoms with Crippen LogP contribution in [0.3, 0.4) is 0 Å². The van der Waals surface area contributed by atoms with Crippen LogP contribution in [0.1, 0.15) is 44.9 Å². The van der Waals surface area contributed by atoms with Crippen LogP contribution in [0.15, 0.2) is 11.6 Å². The predicted octanol–water partition coefficient (Wildman–Crippen LogP) is 2.90. The van der Waals surface area contributed by atoms with Crippen LogP contribution >= 0.6 is 0 Å². The Morgan fingerprint density at radius 3 is 2.68 bits per heavy atom. The van der Waals surface area contributed by atoms with Gasteiger partial charge in [0.05, 0.1) is 13.7 Å². The highest BCUT2D eigenvalue weighted by Gasteiger charge is 2.44. The molecule has 0 spiro atoms. The number of amides is 1. The highest BCUT2D eigenvalue weighted by molar-refractivity contribution is 5.83. The fraction of sp³-hybridized carbons (Fsp3) is 0.765. The van der Waals surface area contributed by atoms with Crippen LogP contribution in [0, 0.1) is 11.8 Å². The summed E-state index contributed by atoms with van der Waals surface area (Å²) in [6, 6.07) is 0.194. The van der Waals surface area contributed by atoms with Crippen molar-refractivity contribution >= 4 is 12.1 Å². The van der Waals surface area contributed by atoms with Gasteiger partial charge in [-0.25, -0.2) is 9.59 Å². The number of carbonyl (C=O) groups is 2. The third-order valence-corrected chi connectivity index (χ3v) is 5.32. The third-order valence-electron chi connectivity index (χ3n) is 5.32. The molecule has 22 heavy (non-hydrogen) atoms. The van der Waals surface area contributed by atoms with E-state index < -0.39 is 0 Å². The molecule has 5 nitrogen and oxygen atoms in total. The number of ether oxygens (including phenoxy) is 2. The van der Waals surface area contributed by atoms with E-state index in [2.05, 4.69) is 4.74 Å². The van der Waals surface area contributed by atoms with E-state index in [1.807, 2.05) is 4.90 Å². The van der Waals surface area contributed by atoms with Gasteiger partial charge >= 0.3 is 12.1 Å². The molecule has 0 radical (unpaired) electrons. The molecule has 2 unspecified atom stereocenters. The average molecular weight is 307 g/mol. The van der Waals surface area contributed by atoms with Gasteiger partial charge in [-0.1, -0.05) is 24.8 Å². The van der Waals surface area contributed by atoms with Crippen molar-refractivity contribution in [2.75, 3.05) is 20.3 Å². The standard InChI is InChI=1S/C17H25NO4/c1-21-16(19)9-13-7-15-8-14(13)10-18(15)17(20)22-11-12-5-3-2-4-6-12/h9,12,14-15H,2-8,10-11H2,1H3/b13-9+. The number of hydrogen-bond donors (Lipinski definition) is 0. The van der Waals surface area contributed by atoms with Crippen molar-refractivity contribution in [3.63, 3.8) is 0 Å². The van der Waals surface area contributed by atoms with Gasteiger partial charge in [-0.2, -0.15) is 0 Å². The molecule has 2 atom stereocenters. The first-order valence-electron chi connectivity index (χ1n) is 8.39. The molecule has 2 saturated carbocycles. The van der Waals surface area contributed by atoms with Gasteiger partial charge in [-0.05, 0) is 31.6 Å². The smallest absolute Gasteiger partial charge is 0.410 e. The molecule has 1 aliphatic heterocycles. The maximum absolute atomic E-state index is 12.3. The van der Waals surface area contributed by atoms with Crippen molar-refractivity contribution in [1.29, 1.82) is 0 Å². The number of likely N-dealkylation sites (tertiary alicyclic amines) is 1. The monoisotopic (exact) mass is 307 g/mol. The first kappa shape index (κ1) is 15.4. The minimum absolute atomic E-state index is 0.171. The van der Waals surface area contributed by atoms with Crippen molar-refractivity contribution in [2.45, 2.75) is 51.0 Å². The van der Waals surface area contributed by atoms with Gasteiger partial charge in [0, 0.05) is 24.6 Å². The van der Waals surface area contributed by atoms with Crippen LogP contribution in [-0.2, 0) is 14.3 Å². The lowest BCUT2D eigenvalue weighted by atomic mass is 9.90. The Morgan fingerprint density at radius 2 is 2.05 bits per heavy atom. The molecule has 0 aromatic rings. The molecule has 1 heterocycles. The molecule has 0 aromatic carbocycles. The summed E-state index contributed by atoms with van der Waals surface area (Å²) < 4.78 is 10.2. The van der Waals surface area contributed by atoms with Gasteiger partial charge < -0.3 is 14.4 Å².